The van der Waals surface area contributed by atoms with Crippen LogP contribution in [0.15, 0.2) is 48.5 Å². The van der Waals surface area contributed by atoms with Crippen molar-refractivity contribution in [2.75, 3.05) is 32.9 Å². The number of rotatable bonds is 16. The zero-order valence-electron chi connectivity index (χ0n) is 19.5. The minimum absolute atomic E-state index is 0.180. The molecule has 0 spiro atoms. The highest BCUT2D eigenvalue weighted by Gasteiger charge is 2.14. The lowest BCUT2D eigenvalue weighted by Crippen LogP contribution is -2.32. The molecule has 0 aromatic heterocycles. The highest BCUT2D eigenvalue weighted by molar-refractivity contribution is 7.70. The fraction of sp³-hybridized carbons (Fsp3) is 0.520. The summed E-state index contributed by atoms with van der Waals surface area (Å²) in [7, 11) is -2.62. The summed E-state index contributed by atoms with van der Waals surface area (Å²) in [5, 5.41) is 13.4. The van der Waals surface area contributed by atoms with E-state index in [1.165, 1.54) is 12.8 Å². The Morgan fingerprint density at radius 3 is 2.32 bits per heavy atom. The van der Waals surface area contributed by atoms with Gasteiger partial charge in [-0.1, -0.05) is 37.1 Å². The van der Waals surface area contributed by atoms with Gasteiger partial charge in [0.05, 0.1) is 12.7 Å². The Morgan fingerprint density at radius 2 is 1.62 bits per heavy atom. The number of hydrogen-bond donors (Lipinski definition) is 4. The van der Waals surface area contributed by atoms with Crippen molar-refractivity contribution in [3.05, 3.63) is 59.7 Å². The average molecular weight is 493 g/mol. The molecule has 2 aromatic carbocycles. The van der Waals surface area contributed by atoms with Gasteiger partial charge in [-0.2, -0.15) is 0 Å². The van der Waals surface area contributed by atoms with Crippen LogP contribution in [0.2, 0.25) is 0 Å². The van der Waals surface area contributed by atoms with Crippen LogP contribution in [0.1, 0.15) is 36.8 Å². The number of thiol groups is 1. The minimum atomic E-state index is -2.62. The molecule has 188 valence electrons. The summed E-state index contributed by atoms with van der Waals surface area (Å²) in [6.45, 7) is 2.65. The Balaban J connectivity index is 1.27. The number of nitrogens with one attached hydrogen (secondary N) is 2. The average Bonchev–Trinajstić information content (AvgIpc) is 3.37. The summed E-state index contributed by atoms with van der Waals surface area (Å²) < 4.78 is 41.1. The molecule has 3 N–H and O–H groups in total. The molecule has 0 bridgehead atoms. The van der Waals surface area contributed by atoms with E-state index in [-0.39, 0.29) is 13.2 Å². The van der Waals surface area contributed by atoms with Crippen LogP contribution in [0.4, 0.5) is 0 Å². The molecular formula is C25H36N2O6S. The van der Waals surface area contributed by atoms with E-state index in [1.807, 2.05) is 48.5 Å². The van der Waals surface area contributed by atoms with Gasteiger partial charge in [0.2, 0.25) is 10.9 Å². The molecule has 9 heteroatoms. The molecule has 0 amide bonds. The predicted molar refractivity (Wildman–Crippen MR) is 132 cm³/mol. The zero-order valence-corrected chi connectivity index (χ0v) is 20.4. The van der Waals surface area contributed by atoms with Crippen LogP contribution in [0, 0.1) is 0 Å². The maximum Gasteiger partial charge on any atom is 0.201 e. The van der Waals surface area contributed by atoms with E-state index in [0.29, 0.717) is 38.2 Å². The van der Waals surface area contributed by atoms with Gasteiger partial charge in [-0.25, -0.2) is 13.1 Å². The Hall–Kier alpha value is -2.17. The first-order valence-electron chi connectivity index (χ1n) is 11.9. The van der Waals surface area contributed by atoms with E-state index in [2.05, 4.69) is 10.0 Å². The van der Waals surface area contributed by atoms with Crippen molar-refractivity contribution < 1.29 is 27.7 Å². The quantitative estimate of drug-likeness (QED) is 0.210. The van der Waals surface area contributed by atoms with Crippen molar-refractivity contribution in [3.8, 4) is 11.5 Å². The third-order valence-electron chi connectivity index (χ3n) is 5.74. The maximum atomic E-state index is 10.8. The van der Waals surface area contributed by atoms with Crippen molar-refractivity contribution in [2.24, 2.45) is 0 Å². The van der Waals surface area contributed by atoms with Crippen LogP contribution in [-0.2, 0) is 28.6 Å². The number of ether oxygens (including phenoxy) is 3. The first kappa shape index (κ1) is 26.4. The highest BCUT2D eigenvalue weighted by Crippen LogP contribution is 2.21. The minimum Gasteiger partial charge on any atom is -0.491 e. The lowest BCUT2D eigenvalue weighted by atomic mass is 10.0. The highest BCUT2D eigenvalue weighted by atomic mass is 32.2. The SMILES string of the molecule is O=[SH](=O)NCc1ccccc1CCNCC(O)COc1ccc(OCCOC2CCCC2)cc1. The van der Waals surface area contributed by atoms with Crippen LogP contribution in [-0.4, -0.2) is 58.6 Å². The Bertz CT molecular complexity index is 908. The molecule has 2 aromatic rings. The van der Waals surface area contributed by atoms with Crippen molar-refractivity contribution >= 4 is 10.9 Å². The maximum absolute atomic E-state index is 10.8. The van der Waals surface area contributed by atoms with Crippen LogP contribution < -0.4 is 19.5 Å². The van der Waals surface area contributed by atoms with E-state index >= 15 is 0 Å². The number of aliphatic hydroxyl groups is 1. The van der Waals surface area contributed by atoms with Gasteiger partial charge in [0, 0.05) is 13.1 Å². The molecular weight excluding hydrogens is 456 g/mol. The van der Waals surface area contributed by atoms with Crippen LogP contribution in [0.25, 0.3) is 0 Å². The van der Waals surface area contributed by atoms with Gasteiger partial charge >= 0.3 is 0 Å². The third kappa shape index (κ3) is 9.99. The second-order valence-electron chi connectivity index (χ2n) is 8.38. The standard InChI is InChI=1S/C25H36N2O6S/c28-22(18-26-14-13-20-5-1-2-6-21(20)17-27-34(29)30)19-33-25-11-9-24(10-12-25)32-16-15-31-23-7-3-4-8-23/h1-2,5-6,9-12,22-23,26,28,34H,3-4,7-8,13-19H2,(H,27,29,30). The molecule has 1 aliphatic rings. The fourth-order valence-electron chi connectivity index (χ4n) is 3.93. The summed E-state index contributed by atoms with van der Waals surface area (Å²) in [6.07, 6.45) is 5.33. The van der Waals surface area contributed by atoms with Crippen molar-refractivity contribution in [1.82, 2.24) is 10.0 Å². The van der Waals surface area contributed by atoms with Crippen LogP contribution in [0.3, 0.4) is 0 Å². The molecule has 1 saturated carbocycles. The van der Waals surface area contributed by atoms with E-state index in [1.54, 1.807) is 0 Å². The Kier molecular flexibility index (Phi) is 11.6. The van der Waals surface area contributed by atoms with E-state index in [4.69, 9.17) is 14.2 Å². The number of hydrogen-bond acceptors (Lipinski definition) is 7. The lowest BCUT2D eigenvalue weighted by Gasteiger charge is -2.15. The Morgan fingerprint density at radius 1 is 0.941 bits per heavy atom. The smallest absolute Gasteiger partial charge is 0.201 e. The summed E-state index contributed by atoms with van der Waals surface area (Å²) >= 11 is 0. The molecule has 1 fully saturated rings. The first-order chi connectivity index (χ1) is 16.6. The van der Waals surface area contributed by atoms with Gasteiger partial charge in [0.15, 0.2) is 0 Å². The summed E-state index contributed by atoms with van der Waals surface area (Å²) in [5.74, 6) is 1.44. The fourth-order valence-corrected chi connectivity index (χ4v) is 4.23. The number of aliphatic hydroxyl groups excluding tert-OH is 1. The first-order valence-corrected chi connectivity index (χ1v) is 13.1. The Labute approximate surface area is 203 Å². The van der Waals surface area contributed by atoms with Gasteiger partial charge in [0.1, 0.15) is 30.8 Å². The predicted octanol–water partition coefficient (Wildman–Crippen LogP) is 2.21. The van der Waals surface area contributed by atoms with Crippen molar-refractivity contribution in [1.29, 1.82) is 0 Å². The molecule has 0 saturated heterocycles. The molecule has 8 nitrogen and oxygen atoms in total. The third-order valence-corrected chi connectivity index (χ3v) is 6.16. The van der Waals surface area contributed by atoms with Crippen LogP contribution >= 0.6 is 0 Å². The normalized spacial score (nSPS) is 15.0. The van der Waals surface area contributed by atoms with Crippen molar-refractivity contribution in [2.45, 2.75) is 50.9 Å². The molecule has 0 radical (unpaired) electrons. The van der Waals surface area contributed by atoms with Gasteiger partial charge in [-0.05, 0) is 61.2 Å². The van der Waals surface area contributed by atoms with Gasteiger partial charge < -0.3 is 24.6 Å². The van der Waals surface area contributed by atoms with E-state index in [9.17, 15) is 13.5 Å². The molecule has 1 aliphatic carbocycles. The molecule has 34 heavy (non-hydrogen) atoms. The van der Waals surface area contributed by atoms with E-state index < -0.39 is 17.0 Å². The largest absolute Gasteiger partial charge is 0.491 e. The van der Waals surface area contributed by atoms with Gasteiger partial charge in [0.25, 0.3) is 0 Å². The summed E-state index contributed by atoms with van der Waals surface area (Å²) in [4.78, 5) is 0. The second kappa shape index (κ2) is 15.0. The van der Waals surface area contributed by atoms with Gasteiger partial charge in [-0.15, -0.1) is 0 Å². The topological polar surface area (TPSA) is 106 Å². The van der Waals surface area contributed by atoms with Crippen molar-refractivity contribution in [3.63, 3.8) is 0 Å². The van der Waals surface area contributed by atoms with Crippen LogP contribution in [0.5, 0.6) is 11.5 Å². The van der Waals surface area contributed by atoms with Gasteiger partial charge in [-0.3, -0.25) is 0 Å². The molecule has 0 heterocycles. The molecule has 3 rings (SSSR count). The second-order valence-corrected chi connectivity index (χ2v) is 9.21. The number of benzene rings is 2. The molecule has 0 aliphatic heterocycles. The monoisotopic (exact) mass is 492 g/mol. The van der Waals surface area contributed by atoms with E-state index in [0.717, 1.165) is 36.1 Å². The molecule has 1 unspecified atom stereocenters. The zero-order chi connectivity index (χ0) is 24.0. The molecule has 1 atom stereocenters. The summed E-state index contributed by atoms with van der Waals surface area (Å²) in [6, 6.07) is 15.1. The summed E-state index contributed by atoms with van der Waals surface area (Å²) in [5.41, 5.74) is 2.01. The lowest BCUT2D eigenvalue weighted by molar-refractivity contribution is 0.0382.